The highest BCUT2D eigenvalue weighted by molar-refractivity contribution is 4.81. The van der Waals surface area contributed by atoms with Crippen molar-refractivity contribution in [1.82, 2.24) is 4.90 Å². The quantitative estimate of drug-likeness (QED) is 0.776. The molecule has 2 N–H and O–H groups in total. The third-order valence-corrected chi connectivity index (χ3v) is 3.65. The SMILES string of the molecule is CC(C)CCCC(N)C1CN(C(C)C)CCO1. The highest BCUT2D eigenvalue weighted by atomic mass is 16.5. The summed E-state index contributed by atoms with van der Waals surface area (Å²) in [5, 5.41) is 0. The first kappa shape index (κ1) is 14.9. The average molecular weight is 242 g/mol. The first-order valence-corrected chi connectivity index (χ1v) is 7.12. The van der Waals surface area contributed by atoms with Crippen molar-refractivity contribution in [3.63, 3.8) is 0 Å². The Labute approximate surface area is 107 Å². The van der Waals surface area contributed by atoms with E-state index < -0.39 is 0 Å². The summed E-state index contributed by atoms with van der Waals surface area (Å²) in [5.74, 6) is 0.779. The summed E-state index contributed by atoms with van der Waals surface area (Å²) in [5.41, 5.74) is 6.25. The molecular weight excluding hydrogens is 212 g/mol. The van der Waals surface area contributed by atoms with Crippen LogP contribution in [0.4, 0.5) is 0 Å². The Morgan fingerprint density at radius 1 is 1.24 bits per heavy atom. The van der Waals surface area contributed by atoms with E-state index in [9.17, 15) is 0 Å². The molecule has 1 aliphatic heterocycles. The van der Waals surface area contributed by atoms with Crippen LogP contribution in [-0.4, -0.2) is 42.8 Å². The molecule has 0 aromatic heterocycles. The van der Waals surface area contributed by atoms with E-state index in [1.54, 1.807) is 0 Å². The van der Waals surface area contributed by atoms with Gasteiger partial charge in [-0.05, 0) is 26.2 Å². The third-order valence-electron chi connectivity index (χ3n) is 3.65. The van der Waals surface area contributed by atoms with Crippen molar-refractivity contribution in [1.29, 1.82) is 0 Å². The molecule has 0 aromatic rings. The molecule has 1 aliphatic rings. The van der Waals surface area contributed by atoms with Gasteiger partial charge in [0.25, 0.3) is 0 Å². The highest BCUT2D eigenvalue weighted by Gasteiger charge is 2.26. The zero-order valence-corrected chi connectivity index (χ0v) is 12.0. The van der Waals surface area contributed by atoms with Gasteiger partial charge in [-0.15, -0.1) is 0 Å². The molecule has 1 rings (SSSR count). The second-order valence-electron chi connectivity index (χ2n) is 5.99. The zero-order valence-electron chi connectivity index (χ0n) is 12.0. The molecule has 1 fully saturated rings. The maximum Gasteiger partial charge on any atom is 0.0853 e. The molecule has 0 radical (unpaired) electrons. The zero-order chi connectivity index (χ0) is 12.8. The van der Waals surface area contributed by atoms with E-state index in [-0.39, 0.29) is 12.1 Å². The van der Waals surface area contributed by atoms with Crippen LogP contribution in [0, 0.1) is 5.92 Å². The number of hydrogen-bond donors (Lipinski definition) is 1. The molecule has 1 heterocycles. The normalized spacial score (nSPS) is 24.5. The molecule has 0 saturated carbocycles. The van der Waals surface area contributed by atoms with E-state index in [2.05, 4.69) is 32.6 Å². The second kappa shape index (κ2) is 7.34. The molecule has 3 heteroatoms. The minimum atomic E-state index is 0.204. The van der Waals surface area contributed by atoms with Crippen molar-refractivity contribution in [3.05, 3.63) is 0 Å². The summed E-state index contributed by atoms with van der Waals surface area (Å²) in [6.07, 6.45) is 3.82. The Hall–Kier alpha value is -0.120. The molecule has 0 spiro atoms. The lowest BCUT2D eigenvalue weighted by Crippen LogP contribution is -2.52. The van der Waals surface area contributed by atoms with Gasteiger partial charge < -0.3 is 10.5 Å². The fourth-order valence-electron chi connectivity index (χ4n) is 2.37. The van der Waals surface area contributed by atoms with E-state index in [0.29, 0.717) is 6.04 Å². The number of hydrogen-bond acceptors (Lipinski definition) is 3. The molecule has 3 nitrogen and oxygen atoms in total. The standard InChI is InChI=1S/C14H30N2O/c1-11(2)6-5-7-13(15)14-10-16(12(3)4)8-9-17-14/h11-14H,5-10,15H2,1-4H3. The predicted molar refractivity (Wildman–Crippen MR) is 73.1 cm³/mol. The van der Waals surface area contributed by atoms with Crippen LogP contribution >= 0.6 is 0 Å². The van der Waals surface area contributed by atoms with Gasteiger partial charge in [-0.2, -0.15) is 0 Å². The Bertz CT molecular complexity index is 206. The van der Waals surface area contributed by atoms with Crippen LogP contribution < -0.4 is 5.73 Å². The average Bonchev–Trinajstić information content (AvgIpc) is 2.28. The molecule has 102 valence electrons. The van der Waals surface area contributed by atoms with Crippen LogP contribution in [0.15, 0.2) is 0 Å². The van der Waals surface area contributed by atoms with Crippen LogP contribution in [0.5, 0.6) is 0 Å². The smallest absolute Gasteiger partial charge is 0.0853 e. The Kier molecular flexibility index (Phi) is 6.45. The van der Waals surface area contributed by atoms with Gasteiger partial charge in [0.2, 0.25) is 0 Å². The van der Waals surface area contributed by atoms with E-state index in [0.717, 1.165) is 32.0 Å². The molecule has 2 atom stereocenters. The summed E-state index contributed by atoms with van der Waals surface area (Å²) in [6, 6.07) is 0.805. The van der Waals surface area contributed by atoms with Crippen molar-refractivity contribution < 1.29 is 4.74 Å². The fraction of sp³-hybridized carbons (Fsp3) is 1.00. The fourth-order valence-corrected chi connectivity index (χ4v) is 2.37. The number of rotatable bonds is 6. The first-order valence-electron chi connectivity index (χ1n) is 7.12. The van der Waals surface area contributed by atoms with Crippen molar-refractivity contribution in [2.75, 3.05) is 19.7 Å². The molecule has 1 saturated heterocycles. The van der Waals surface area contributed by atoms with Crippen molar-refractivity contribution in [3.8, 4) is 0 Å². The first-order chi connectivity index (χ1) is 8.00. The molecule has 0 bridgehead atoms. The maximum atomic E-state index is 6.25. The Balaban J connectivity index is 2.28. The van der Waals surface area contributed by atoms with Crippen LogP contribution in [0.25, 0.3) is 0 Å². The molecule has 17 heavy (non-hydrogen) atoms. The number of nitrogens with two attached hydrogens (primary N) is 1. The number of morpholine rings is 1. The lowest BCUT2D eigenvalue weighted by molar-refractivity contribution is -0.0510. The topological polar surface area (TPSA) is 38.5 Å². The second-order valence-corrected chi connectivity index (χ2v) is 5.99. The van der Waals surface area contributed by atoms with Crippen LogP contribution in [0.3, 0.4) is 0 Å². The molecule has 0 aromatic carbocycles. The summed E-state index contributed by atoms with van der Waals surface area (Å²) in [4.78, 5) is 2.47. The van der Waals surface area contributed by atoms with Gasteiger partial charge in [-0.1, -0.05) is 26.7 Å². The lowest BCUT2D eigenvalue weighted by atomic mass is 9.99. The van der Waals surface area contributed by atoms with Gasteiger partial charge in [0.15, 0.2) is 0 Å². The van der Waals surface area contributed by atoms with Gasteiger partial charge in [0, 0.05) is 25.2 Å². The van der Waals surface area contributed by atoms with Gasteiger partial charge in [-0.25, -0.2) is 0 Å². The molecule has 0 aliphatic carbocycles. The van der Waals surface area contributed by atoms with Crippen molar-refractivity contribution in [2.24, 2.45) is 11.7 Å². The van der Waals surface area contributed by atoms with Gasteiger partial charge in [0.05, 0.1) is 12.7 Å². The molecular formula is C14H30N2O. The minimum Gasteiger partial charge on any atom is -0.374 e. The van der Waals surface area contributed by atoms with Gasteiger partial charge in [-0.3, -0.25) is 4.90 Å². The lowest BCUT2D eigenvalue weighted by Gasteiger charge is -2.38. The summed E-state index contributed by atoms with van der Waals surface area (Å²) >= 11 is 0. The Morgan fingerprint density at radius 2 is 1.94 bits per heavy atom. The number of ether oxygens (including phenoxy) is 1. The van der Waals surface area contributed by atoms with Gasteiger partial charge >= 0.3 is 0 Å². The monoisotopic (exact) mass is 242 g/mol. The van der Waals surface area contributed by atoms with E-state index in [1.165, 1.54) is 12.8 Å². The van der Waals surface area contributed by atoms with E-state index in [4.69, 9.17) is 10.5 Å². The largest absolute Gasteiger partial charge is 0.374 e. The summed E-state index contributed by atoms with van der Waals surface area (Å²) < 4.78 is 5.81. The van der Waals surface area contributed by atoms with E-state index >= 15 is 0 Å². The predicted octanol–water partition coefficient (Wildman–Crippen LogP) is 2.25. The van der Waals surface area contributed by atoms with Crippen LogP contribution in [-0.2, 0) is 4.74 Å². The Morgan fingerprint density at radius 3 is 2.53 bits per heavy atom. The van der Waals surface area contributed by atoms with Gasteiger partial charge in [0.1, 0.15) is 0 Å². The molecule has 2 unspecified atom stereocenters. The summed E-state index contributed by atoms with van der Waals surface area (Å²) in [6.45, 7) is 11.9. The van der Waals surface area contributed by atoms with Crippen LogP contribution in [0.2, 0.25) is 0 Å². The van der Waals surface area contributed by atoms with Crippen molar-refractivity contribution >= 4 is 0 Å². The third kappa shape index (κ3) is 5.36. The summed E-state index contributed by atoms with van der Waals surface area (Å²) in [7, 11) is 0. The van der Waals surface area contributed by atoms with Crippen LogP contribution in [0.1, 0.15) is 47.0 Å². The van der Waals surface area contributed by atoms with Crippen molar-refractivity contribution in [2.45, 2.75) is 65.1 Å². The molecule has 0 amide bonds. The maximum absolute atomic E-state index is 6.25. The highest BCUT2D eigenvalue weighted by Crippen LogP contribution is 2.15. The van der Waals surface area contributed by atoms with E-state index in [1.807, 2.05) is 0 Å². The minimum absolute atomic E-state index is 0.204. The number of nitrogens with zero attached hydrogens (tertiary/aromatic N) is 1.